The van der Waals surface area contributed by atoms with Gasteiger partial charge < -0.3 is 15.3 Å². The first-order chi connectivity index (χ1) is 11.1. The van der Waals surface area contributed by atoms with Gasteiger partial charge in [0.1, 0.15) is 12.4 Å². The molecular weight excluding hydrogens is 315 g/mol. The zero-order chi connectivity index (χ0) is 18.3. The zero-order valence-electron chi connectivity index (χ0n) is 14.1. The Hall–Kier alpha value is -2.44. The number of rotatable bonds is 7. The van der Waals surface area contributed by atoms with Crippen LogP contribution in [0.4, 0.5) is 4.39 Å². The second-order valence-corrected chi connectivity index (χ2v) is 6.78. The van der Waals surface area contributed by atoms with E-state index >= 15 is 0 Å². The number of aliphatic carboxylic acids is 1. The van der Waals surface area contributed by atoms with Crippen molar-refractivity contribution >= 4 is 17.8 Å². The summed E-state index contributed by atoms with van der Waals surface area (Å²) < 4.78 is 12.9. The number of carbonyl (C=O) groups excluding carboxylic acids is 2. The lowest BCUT2D eigenvalue weighted by Gasteiger charge is -2.22. The van der Waals surface area contributed by atoms with E-state index in [-0.39, 0.29) is 30.8 Å². The van der Waals surface area contributed by atoms with Crippen LogP contribution < -0.4 is 5.32 Å². The molecule has 0 aliphatic rings. The number of benzene rings is 1. The molecule has 1 aromatic rings. The van der Waals surface area contributed by atoms with Crippen LogP contribution in [0.2, 0.25) is 0 Å². The van der Waals surface area contributed by atoms with Gasteiger partial charge in [-0.1, -0.05) is 32.9 Å². The standard InChI is InChI=1S/C17H23FN2O4/c1-17(2,3)8-14(21)19-9-15(22)20(11-16(23)24)10-12-4-6-13(18)7-5-12/h4-7H,8-11H2,1-3H3,(H,19,21)(H,23,24). The van der Waals surface area contributed by atoms with E-state index in [1.165, 1.54) is 24.3 Å². The van der Waals surface area contributed by atoms with Gasteiger partial charge in [0.05, 0.1) is 6.54 Å². The molecule has 0 atom stereocenters. The molecule has 6 nitrogen and oxygen atoms in total. The highest BCUT2D eigenvalue weighted by Gasteiger charge is 2.20. The van der Waals surface area contributed by atoms with Crippen molar-refractivity contribution in [1.29, 1.82) is 0 Å². The van der Waals surface area contributed by atoms with Crippen molar-refractivity contribution in [2.24, 2.45) is 5.41 Å². The average Bonchev–Trinajstić information content (AvgIpc) is 2.44. The van der Waals surface area contributed by atoms with Crippen molar-refractivity contribution in [3.05, 3.63) is 35.6 Å². The third-order valence-electron chi connectivity index (χ3n) is 3.09. The number of nitrogens with one attached hydrogen (secondary N) is 1. The van der Waals surface area contributed by atoms with E-state index < -0.39 is 24.2 Å². The molecule has 2 amide bonds. The lowest BCUT2D eigenvalue weighted by atomic mass is 9.92. The molecular formula is C17H23FN2O4. The number of amides is 2. The van der Waals surface area contributed by atoms with Crippen LogP contribution in [-0.4, -0.2) is 40.9 Å². The lowest BCUT2D eigenvalue weighted by Crippen LogP contribution is -2.42. The number of carboxylic acid groups (broad SMARTS) is 1. The molecule has 1 aromatic carbocycles. The number of halogens is 1. The number of nitrogens with zero attached hydrogens (tertiary/aromatic N) is 1. The molecule has 7 heteroatoms. The van der Waals surface area contributed by atoms with E-state index in [9.17, 15) is 18.8 Å². The molecule has 0 saturated heterocycles. The van der Waals surface area contributed by atoms with Gasteiger partial charge in [-0.05, 0) is 23.1 Å². The summed E-state index contributed by atoms with van der Waals surface area (Å²) in [7, 11) is 0. The second-order valence-electron chi connectivity index (χ2n) is 6.78. The molecule has 0 unspecified atom stereocenters. The largest absolute Gasteiger partial charge is 0.480 e. The van der Waals surface area contributed by atoms with Crippen LogP contribution in [-0.2, 0) is 20.9 Å². The van der Waals surface area contributed by atoms with Gasteiger partial charge in [0, 0.05) is 13.0 Å². The van der Waals surface area contributed by atoms with E-state index in [2.05, 4.69) is 5.32 Å². The highest BCUT2D eigenvalue weighted by atomic mass is 19.1. The molecule has 0 spiro atoms. The monoisotopic (exact) mass is 338 g/mol. The minimum atomic E-state index is -1.16. The van der Waals surface area contributed by atoms with Gasteiger partial charge in [-0.15, -0.1) is 0 Å². The number of carboxylic acids is 1. The van der Waals surface area contributed by atoms with Gasteiger partial charge in [-0.3, -0.25) is 14.4 Å². The molecule has 0 aliphatic heterocycles. The summed E-state index contributed by atoms with van der Waals surface area (Å²) in [6, 6.07) is 5.44. The molecule has 0 aromatic heterocycles. The summed E-state index contributed by atoms with van der Waals surface area (Å²) in [5, 5.41) is 11.4. The highest BCUT2D eigenvalue weighted by molar-refractivity contribution is 5.86. The maximum absolute atomic E-state index is 12.9. The van der Waals surface area contributed by atoms with Gasteiger partial charge in [0.25, 0.3) is 0 Å². The second kappa shape index (κ2) is 8.42. The minimum absolute atomic E-state index is 0.0283. The lowest BCUT2D eigenvalue weighted by molar-refractivity contribution is -0.144. The zero-order valence-corrected chi connectivity index (χ0v) is 14.1. The summed E-state index contributed by atoms with van der Waals surface area (Å²) in [5.41, 5.74) is 0.397. The summed E-state index contributed by atoms with van der Waals surface area (Å²) in [6.45, 7) is 4.97. The van der Waals surface area contributed by atoms with Crippen LogP contribution in [0.1, 0.15) is 32.8 Å². The van der Waals surface area contributed by atoms with Gasteiger partial charge in [-0.2, -0.15) is 0 Å². The molecule has 132 valence electrons. The number of carbonyl (C=O) groups is 3. The first-order valence-electron chi connectivity index (χ1n) is 7.57. The van der Waals surface area contributed by atoms with Gasteiger partial charge >= 0.3 is 5.97 Å². The van der Waals surface area contributed by atoms with Crippen LogP contribution in [0.5, 0.6) is 0 Å². The van der Waals surface area contributed by atoms with Crippen LogP contribution in [0, 0.1) is 11.2 Å². The SMILES string of the molecule is CC(C)(C)CC(=O)NCC(=O)N(CC(=O)O)Cc1ccc(F)cc1. The Balaban J connectivity index is 2.66. The maximum Gasteiger partial charge on any atom is 0.323 e. The van der Waals surface area contributed by atoms with Crippen LogP contribution in [0.3, 0.4) is 0 Å². The highest BCUT2D eigenvalue weighted by Crippen LogP contribution is 2.17. The fourth-order valence-electron chi connectivity index (χ4n) is 2.04. The van der Waals surface area contributed by atoms with Crippen molar-refractivity contribution in [3.63, 3.8) is 0 Å². The number of hydrogen-bond acceptors (Lipinski definition) is 3. The Bertz CT molecular complexity index is 594. The summed E-state index contributed by atoms with van der Waals surface area (Å²) in [4.78, 5) is 36.0. The van der Waals surface area contributed by atoms with Crippen LogP contribution >= 0.6 is 0 Å². The van der Waals surface area contributed by atoms with Gasteiger partial charge in [0.15, 0.2) is 0 Å². The van der Waals surface area contributed by atoms with E-state index in [4.69, 9.17) is 5.11 Å². The van der Waals surface area contributed by atoms with Crippen molar-refractivity contribution in [3.8, 4) is 0 Å². The van der Waals surface area contributed by atoms with E-state index in [1.807, 2.05) is 20.8 Å². The molecule has 2 N–H and O–H groups in total. The number of hydrogen-bond donors (Lipinski definition) is 2. The first kappa shape index (κ1) is 19.6. The normalized spacial score (nSPS) is 11.0. The summed E-state index contributed by atoms with van der Waals surface area (Å²) >= 11 is 0. The van der Waals surface area contributed by atoms with Crippen LogP contribution in [0.25, 0.3) is 0 Å². The smallest absolute Gasteiger partial charge is 0.323 e. The Morgan fingerprint density at radius 1 is 1.17 bits per heavy atom. The molecule has 0 aliphatic carbocycles. The first-order valence-corrected chi connectivity index (χ1v) is 7.57. The molecule has 0 saturated carbocycles. The molecule has 0 fully saturated rings. The fraction of sp³-hybridized carbons (Fsp3) is 0.471. The molecule has 1 rings (SSSR count). The third kappa shape index (κ3) is 7.71. The third-order valence-corrected chi connectivity index (χ3v) is 3.09. The average molecular weight is 338 g/mol. The van der Waals surface area contributed by atoms with E-state index in [1.54, 1.807) is 0 Å². The maximum atomic E-state index is 12.9. The van der Waals surface area contributed by atoms with Gasteiger partial charge in [-0.25, -0.2) is 4.39 Å². The van der Waals surface area contributed by atoms with Gasteiger partial charge in [0.2, 0.25) is 11.8 Å². The Morgan fingerprint density at radius 3 is 2.25 bits per heavy atom. The van der Waals surface area contributed by atoms with Crippen molar-refractivity contribution < 1.29 is 23.9 Å². The van der Waals surface area contributed by atoms with Crippen molar-refractivity contribution in [2.75, 3.05) is 13.1 Å². The van der Waals surface area contributed by atoms with E-state index in [0.29, 0.717) is 5.56 Å². The predicted molar refractivity (Wildman–Crippen MR) is 86.5 cm³/mol. The molecule has 24 heavy (non-hydrogen) atoms. The van der Waals surface area contributed by atoms with E-state index in [0.717, 1.165) is 4.90 Å². The Labute approximate surface area is 140 Å². The van der Waals surface area contributed by atoms with Crippen molar-refractivity contribution in [2.45, 2.75) is 33.7 Å². The molecule has 0 radical (unpaired) electrons. The Morgan fingerprint density at radius 2 is 1.75 bits per heavy atom. The topological polar surface area (TPSA) is 86.7 Å². The molecule has 0 heterocycles. The van der Waals surface area contributed by atoms with Crippen LogP contribution in [0.15, 0.2) is 24.3 Å². The molecule has 0 bridgehead atoms. The minimum Gasteiger partial charge on any atom is -0.480 e. The predicted octanol–water partition coefficient (Wildman–Crippen LogP) is 1.79. The Kier molecular flexibility index (Phi) is 6.88. The fourth-order valence-corrected chi connectivity index (χ4v) is 2.04. The summed E-state index contributed by atoms with van der Waals surface area (Å²) in [6.07, 6.45) is 0.261. The quantitative estimate of drug-likeness (QED) is 0.793. The van der Waals surface area contributed by atoms with Crippen molar-refractivity contribution in [1.82, 2.24) is 10.2 Å². The summed E-state index contributed by atoms with van der Waals surface area (Å²) in [5.74, 6) is -2.35.